The third-order valence-electron chi connectivity index (χ3n) is 5.61. The molecule has 0 fully saturated rings. The fraction of sp³-hybridized carbons (Fsp3) is 0.222. The summed E-state index contributed by atoms with van der Waals surface area (Å²) in [4.78, 5) is 21.0. The van der Waals surface area contributed by atoms with Crippen molar-refractivity contribution < 1.29 is 25.8 Å². The predicted molar refractivity (Wildman–Crippen MR) is 133 cm³/mol. The van der Waals surface area contributed by atoms with Crippen LogP contribution in [0.1, 0.15) is 39.1 Å². The number of nitrogens with zero attached hydrogens (tertiary/aromatic N) is 3. The second-order valence-corrected chi connectivity index (χ2v) is 9.26. The van der Waals surface area contributed by atoms with Crippen LogP contribution >= 0.6 is 11.6 Å². The Morgan fingerprint density at radius 2 is 1.86 bits per heavy atom. The van der Waals surface area contributed by atoms with Crippen molar-refractivity contribution in [1.82, 2.24) is 14.5 Å². The monoisotopic (exact) mass is 531 g/mol. The maximum absolute atomic E-state index is 16.0. The molecule has 4 aromatic rings. The molecule has 0 atom stereocenters. The number of aliphatic hydroxyl groups is 1. The van der Waals surface area contributed by atoms with Gasteiger partial charge >= 0.3 is 0 Å². The van der Waals surface area contributed by atoms with Crippen molar-refractivity contribution in [3.05, 3.63) is 104 Å². The van der Waals surface area contributed by atoms with E-state index in [4.69, 9.17) is 19.1 Å². The predicted octanol–water partition coefficient (Wildman–Crippen LogP) is 5.79. The molecule has 0 saturated carbocycles. The zero-order valence-corrected chi connectivity index (χ0v) is 21.0. The van der Waals surface area contributed by atoms with Gasteiger partial charge in [0.15, 0.2) is 11.6 Å². The van der Waals surface area contributed by atoms with Gasteiger partial charge in [0.25, 0.3) is 5.56 Å². The molecule has 0 aliphatic carbocycles. The Hall–Kier alpha value is -3.69. The van der Waals surface area contributed by atoms with Crippen LogP contribution in [0.15, 0.2) is 53.6 Å². The Morgan fingerprint density at radius 3 is 2.54 bits per heavy atom. The minimum Gasteiger partial charge on any atom is -0.485 e. The summed E-state index contributed by atoms with van der Waals surface area (Å²) in [5.74, 6) is -3.58. The summed E-state index contributed by atoms with van der Waals surface area (Å²) in [5, 5.41) is 9.76. The van der Waals surface area contributed by atoms with Gasteiger partial charge in [0.1, 0.15) is 34.5 Å². The molecule has 0 saturated heterocycles. The number of pyridine rings is 3. The lowest BCUT2D eigenvalue weighted by molar-refractivity contribution is 0.0786. The van der Waals surface area contributed by atoms with E-state index >= 15 is 4.39 Å². The summed E-state index contributed by atoms with van der Waals surface area (Å²) < 4.78 is 65.8. The van der Waals surface area contributed by atoms with Gasteiger partial charge in [-0.05, 0) is 44.9 Å². The Labute approximate surface area is 218 Å². The summed E-state index contributed by atoms with van der Waals surface area (Å²) in [5.41, 5.74) is -1.86. The first-order chi connectivity index (χ1) is 18.1. The summed E-state index contributed by atoms with van der Waals surface area (Å²) in [6.45, 7) is 3.25. The SMILES string of the molecule is [2H]C([2H])(Oc1cc(C)n(-c2c(C)cnc(-c3cccc(C(C)(C)O)c3)c2F)c(=O)c1Cl)c1ncc(F)cc1F. The first-order valence-electron chi connectivity index (χ1n) is 12.0. The van der Waals surface area contributed by atoms with E-state index in [2.05, 4.69) is 9.97 Å². The fourth-order valence-corrected chi connectivity index (χ4v) is 3.89. The highest BCUT2D eigenvalue weighted by molar-refractivity contribution is 6.31. The lowest BCUT2D eigenvalue weighted by atomic mass is 9.95. The first kappa shape index (κ1) is 23.7. The molecular weight excluding hydrogens is 507 g/mol. The van der Waals surface area contributed by atoms with Gasteiger partial charge < -0.3 is 9.84 Å². The number of hydrogen-bond donors (Lipinski definition) is 1. The van der Waals surface area contributed by atoms with Crippen LogP contribution in [0.2, 0.25) is 5.02 Å². The molecule has 0 aliphatic heterocycles. The van der Waals surface area contributed by atoms with E-state index in [1.807, 2.05) is 0 Å². The van der Waals surface area contributed by atoms with Gasteiger partial charge in [-0.3, -0.25) is 19.3 Å². The van der Waals surface area contributed by atoms with Crippen LogP contribution in [0.5, 0.6) is 5.75 Å². The van der Waals surface area contributed by atoms with Gasteiger partial charge in [-0.25, -0.2) is 13.2 Å². The van der Waals surface area contributed by atoms with Crippen molar-refractivity contribution in [2.75, 3.05) is 0 Å². The van der Waals surface area contributed by atoms with Crippen molar-refractivity contribution in [3.8, 4) is 22.7 Å². The van der Waals surface area contributed by atoms with Gasteiger partial charge in [0, 0.05) is 29.6 Å². The van der Waals surface area contributed by atoms with Gasteiger partial charge in [-0.15, -0.1) is 0 Å². The van der Waals surface area contributed by atoms with E-state index in [0.29, 0.717) is 29.0 Å². The quantitative estimate of drug-likeness (QED) is 0.341. The molecule has 3 heterocycles. The second-order valence-electron chi connectivity index (χ2n) is 8.88. The average molecular weight is 532 g/mol. The number of aromatic nitrogens is 3. The van der Waals surface area contributed by atoms with Crippen LogP contribution in [-0.2, 0) is 12.2 Å². The largest absolute Gasteiger partial charge is 0.485 e. The molecule has 1 N–H and O–H groups in total. The number of aryl methyl sites for hydroxylation is 2. The van der Waals surface area contributed by atoms with E-state index in [0.717, 1.165) is 4.57 Å². The Balaban J connectivity index is 1.83. The van der Waals surface area contributed by atoms with E-state index in [1.165, 1.54) is 19.2 Å². The van der Waals surface area contributed by atoms with E-state index in [1.54, 1.807) is 45.0 Å². The van der Waals surface area contributed by atoms with E-state index < -0.39 is 51.6 Å². The molecule has 0 radical (unpaired) electrons. The van der Waals surface area contributed by atoms with Crippen molar-refractivity contribution in [1.29, 1.82) is 0 Å². The molecule has 0 amide bonds. The Morgan fingerprint density at radius 1 is 1.14 bits per heavy atom. The molecule has 0 bridgehead atoms. The summed E-state index contributed by atoms with van der Waals surface area (Å²) in [6.07, 6.45) is 2.00. The molecule has 37 heavy (non-hydrogen) atoms. The highest BCUT2D eigenvalue weighted by atomic mass is 35.5. The third kappa shape index (κ3) is 5.23. The van der Waals surface area contributed by atoms with Crippen molar-refractivity contribution >= 4 is 11.6 Å². The Kier molecular flexibility index (Phi) is 6.40. The minimum atomic E-state index is -2.93. The van der Waals surface area contributed by atoms with Crippen molar-refractivity contribution in [2.45, 2.75) is 39.9 Å². The summed E-state index contributed by atoms with van der Waals surface area (Å²) in [7, 11) is 0. The van der Waals surface area contributed by atoms with Crippen LogP contribution in [0.4, 0.5) is 13.2 Å². The van der Waals surface area contributed by atoms with E-state index in [-0.39, 0.29) is 17.1 Å². The molecule has 192 valence electrons. The van der Waals surface area contributed by atoms with Gasteiger partial charge in [0.2, 0.25) is 0 Å². The van der Waals surface area contributed by atoms with Crippen LogP contribution in [-0.4, -0.2) is 19.6 Å². The normalized spacial score (nSPS) is 12.8. The molecule has 3 aromatic heterocycles. The molecule has 1 aromatic carbocycles. The van der Waals surface area contributed by atoms with E-state index in [9.17, 15) is 18.7 Å². The number of rotatable bonds is 6. The first-order valence-corrected chi connectivity index (χ1v) is 11.4. The van der Waals surface area contributed by atoms with Gasteiger partial charge in [-0.1, -0.05) is 29.8 Å². The zero-order valence-electron chi connectivity index (χ0n) is 22.2. The topological polar surface area (TPSA) is 77.2 Å². The standard InChI is InChI=1S/C27H23ClF3N3O3/c1-14-11-33-24(16-6-5-7-17(9-16)27(3,4)36)23(31)25(14)34-15(2)8-21(22(28)26(34)35)37-13-20-19(30)10-18(29)12-32-20/h5-12,36H,13H2,1-4H3/i13D2. The van der Waals surface area contributed by atoms with Crippen molar-refractivity contribution in [2.24, 2.45) is 0 Å². The van der Waals surface area contributed by atoms with Gasteiger partial charge in [-0.2, -0.15) is 0 Å². The van der Waals surface area contributed by atoms with Crippen LogP contribution in [0.3, 0.4) is 0 Å². The molecule has 0 spiro atoms. The van der Waals surface area contributed by atoms with Crippen LogP contribution in [0.25, 0.3) is 16.9 Å². The number of halogens is 4. The maximum atomic E-state index is 16.0. The summed E-state index contributed by atoms with van der Waals surface area (Å²) >= 11 is 6.25. The lowest BCUT2D eigenvalue weighted by Gasteiger charge is -2.20. The second kappa shape index (κ2) is 9.99. The Bertz CT molecular complexity index is 1660. The minimum absolute atomic E-state index is 0.0707. The third-order valence-corrected chi connectivity index (χ3v) is 5.96. The molecule has 6 nitrogen and oxygen atoms in total. The van der Waals surface area contributed by atoms with Gasteiger partial charge in [0.05, 0.1) is 20.2 Å². The molecule has 0 aliphatic rings. The molecular formula is C27H23ClF3N3O3. The van der Waals surface area contributed by atoms with Crippen LogP contribution < -0.4 is 10.3 Å². The summed E-state index contributed by atoms with van der Waals surface area (Å²) in [6, 6.07) is 8.18. The number of hydrogen-bond acceptors (Lipinski definition) is 5. The number of ether oxygens (including phenoxy) is 1. The zero-order chi connectivity index (χ0) is 28.9. The van der Waals surface area contributed by atoms with Crippen molar-refractivity contribution in [3.63, 3.8) is 0 Å². The molecule has 4 rings (SSSR count). The highest BCUT2D eigenvalue weighted by Gasteiger charge is 2.23. The smallest absolute Gasteiger partial charge is 0.278 e. The lowest BCUT2D eigenvalue weighted by Crippen LogP contribution is -2.24. The molecule has 0 unspecified atom stereocenters. The number of benzene rings is 1. The maximum Gasteiger partial charge on any atom is 0.278 e. The molecule has 10 heteroatoms. The highest BCUT2D eigenvalue weighted by Crippen LogP contribution is 2.32. The average Bonchev–Trinajstić information content (AvgIpc) is 2.83. The van der Waals surface area contributed by atoms with Crippen LogP contribution in [0, 0.1) is 31.3 Å². The fourth-order valence-electron chi connectivity index (χ4n) is 3.71.